The van der Waals surface area contributed by atoms with Crippen molar-refractivity contribution < 1.29 is 19.4 Å². The number of ether oxygens (including phenoxy) is 1. The fourth-order valence-corrected chi connectivity index (χ4v) is 3.09. The summed E-state index contributed by atoms with van der Waals surface area (Å²) in [4.78, 5) is 24.3. The van der Waals surface area contributed by atoms with Gasteiger partial charge in [0.1, 0.15) is 5.54 Å². The van der Waals surface area contributed by atoms with Crippen molar-refractivity contribution in [2.45, 2.75) is 45.8 Å². The summed E-state index contributed by atoms with van der Waals surface area (Å²) in [5.41, 5.74) is -0.546. The number of amides is 1. The molecular weight excluding hydrogens is 282 g/mol. The maximum atomic E-state index is 12.4. The van der Waals surface area contributed by atoms with Crippen molar-refractivity contribution in [3.8, 4) is 0 Å². The van der Waals surface area contributed by atoms with Gasteiger partial charge in [-0.15, -0.1) is 0 Å². The van der Waals surface area contributed by atoms with Gasteiger partial charge in [-0.3, -0.25) is 4.79 Å². The van der Waals surface area contributed by atoms with Crippen LogP contribution in [0.4, 0.5) is 0 Å². The standard InChI is InChI=1S/C17H23NO4/c1-5-22-13-10-17(15(20)21,16(13,3)4)18-14(19)12-8-6-7-11(2)9-12/h6-9,13H,5,10H2,1-4H3,(H,18,19)(H,20,21). The molecule has 0 saturated heterocycles. The highest BCUT2D eigenvalue weighted by molar-refractivity contribution is 5.98. The Balaban J connectivity index is 2.24. The maximum Gasteiger partial charge on any atom is 0.330 e. The highest BCUT2D eigenvalue weighted by Gasteiger charge is 2.66. The molecule has 0 spiro atoms. The van der Waals surface area contributed by atoms with Gasteiger partial charge in [-0.25, -0.2) is 4.79 Å². The van der Waals surface area contributed by atoms with Gasteiger partial charge in [0.15, 0.2) is 0 Å². The third-order valence-electron chi connectivity index (χ3n) is 4.74. The Morgan fingerprint density at radius 3 is 2.59 bits per heavy atom. The quantitative estimate of drug-likeness (QED) is 0.876. The monoisotopic (exact) mass is 305 g/mol. The highest BCUT2D eigenvalue weighted by atomic mass is 16.5. The van der Waals surface area contributed by atoms with Crippen LogP contribution >= 0.6 is 0 Å². The number of hydrogen-bond donors (Lipinski definition) is 2. The zero-order chi connectivity index (χ0) is 16.5. The van der Waals surface area contributed by atoms with E-state index in [9.17, 15) is 14.7 Å². The van der Waals surface area contributed by atoms with E-state index in [4.69, 9.17) is 4.74 Å². The minimum Gasteiger partial charge on any atom is -0.479 e. The topological polar surface area (TPSA) is 75.6 Å². The van der Waals surface area contributed by atoms with E-state index in [1.54, 1.807) is 18.2 Å². The number of carboxylic acid groups (broad SMARTS) is 1. The Morgan fingerprint density at radius 2 is 2.09 bits per heavy atom. The summed E-state index contributed by atoms with van der Waals surface area (Å²) in [5, 5.41) is 12.4. The van der Waals surface area contributed by atoms with Gasteiger partial charge in [0.2, 0.25) is 0 Å². The molecule has 1 fully saturated rings. The van der Waals surface area contributed by atoms with E-state index < -0.39 is 16.9 Å². The molecule has 0 heterocycles. The molecule has 1 aromatic rings. The molecular formula is C17H23NO4. The van der Waals surface area contributed by atoms with Crippen molar-refractivity contribution in [2.24, 2.45) is 5.41 Å². The van der Waals surface area contributed by atoms with E-state index in [1.807, 2.05) is 33.8 Å². The summed E-state index contributed by atoms with van der Waals surface area (Å²) in [6.07, 6.45) is 0.104. The van der Waals surface area contributed by atoms with Gasteiger partial charge in [0, 0.05) is 24.0 Å². The number of carbonyl (C=O) groups is 2. The maximum absolute atomic E-state index is 12.4. The first-order valence-corrected chi connectivity index (χ1v) is 7.49. The molecule has 22 heavy (non-hydrogen) atoms. The Kier molecular flexibility index (Phi) is 4.29. The predicted octanol–water partition coefficient (Wildman–Crippen LogP) is 2.38. The number of aliphatic carboxylic acids is 1. The molecule has 1 aliphatic carbocycles. The van der Waals surface area contributed by atoms with Crippen LogP contribution in [-0.4, -0.2) is 35.2 Å². The smallest absolute Gasteiger partial charge is 0.330 e. The van der Waals surface area contributed by atoms with Crippen LogP contribution in [0.15, 0.2) is 24.3 Å². The lowest BCUT2D eigenvalue weighted by Gasteiger charge is -2.58. The number of benzene rings is 1. The first-order valence-electron chi connectivity index (χ1n) is 7.49. The summed E-state index contributed by atoms with van der Waals surface area (Å²) >= 11 is 0. The first-order chi connectivity index (χ1) is 10.2. The fraction of sp³-hybridized carbons (Fsp3) is 0.529. The van der Waals surface area contributed by atoms with E-state index in [1.165, 1.54) is 0 Å². The number of carbonyl (C=O) groups excluding carboxylic acids is 1. The Labute approximate surface area is 130 Å². The second-order valence-corrected chi connectivity index (χ2v) is 6.40. The highest BCUT2D eigenvalue weighted by Crippen LogP contribution is 2.51. The molecule has 1 amide bonds. The van der Waals surface area contributed by atoms with E-state index in [-0.39, 0.29) is 18.4 Å². The third-order valence-corrected chi connectivity index (χ3v) is 4.74. The second kappa shape index (κ2) is 5.72. The largest absolute Gasteiger partial charge is 0.479 e. The molecule has 0 aromatic heterocycles. The van der Waals surface area contributed by atoms with Gasteiger partial charge in [-0.1, -0.05) is 31.5 Å². The molecule has 2 rings (SSSR count). The molecule has 0 aliphatic heterocycles. The van der Waals surface area contributed by atoms with Crippen LogP contribution in [0, 0.1) is 12.3 Å². The van der Waals surface area contributed by atoms with E-state index >= 15 is 0 Å². The first kappa shape index (κ1) is 16.5. The molecule has 0 radical (unpaired) electrons. The van der Waals surface area contributed by atoms with Gasteiger partial charge in [-0.05, 0) is 26.0 Å². The number of carboxylic acids is 1. The summed E-state index contributed by atoms with van der Waals surface area (Å²) < 4.78 is 5.59. The molecule has 120 valence electrons. The van der Waals surface area contributed by atoms with Crippen molar-refractivity contribution in [2.75, 3.05) is 6.61 Å². The summed E-state index contributed by atoms with van der Waals surface area (Å²) in [6.45, 7) is 7.93. The molecule has 0 bridgehead atoms. The number of aryl methyl sites for hydroxylation is 1. The zero-order valence-corrected chi connectivity index (χ0v) is 13.5. The molecule has 1 aliphatic rings. The van der Waals surface area contributed by atoms with Crippen molar-refractivity contribution in [1.82, 2.24) is 5.32 Å². The Hall–Kier alpha value is -1.88. The average molecular weight is 305 g/mol. The SMILES string of the molecule is CCOC1CC(NC(=O)c2cccc(C)c2)(C(=O)O)C1(C)C. The lowest BCUT2D eigenvalue weighted by Crippen LogP contribution is -2.76. The number of hydrogen-bond acceptors (Lipinski definition) is 3. The molecule has 5 nitrogen and oxygen atoms in total. The van der Waals surface area contributed by atoms with Gasteiger partial charge >= 0.3 is 5.97 Å². The molecule has 1 aromatic carbocycles. The summed E-state index contributed by atoms with van der Waals surface area (Å²) in [6, 6.07) is 7.11. The predicted molar refractivity (Wildman–Crippen MR) is 82.8 cm³/mol. The lowest BCUT2D eigenvalue weighted by molar-refractivity contribution is -0.190. The minimum atomic E-state index is -1.30. The Morgan fingerprint density at radius 1 is 1.41 bits per heavy atom. The van der Waals surface area contributed by atoms with Crippen molar-refractivity contribution in [3.05, 3.63) is 35.4 Å². The van der Waals surface area contributed by atoms with Crippen molar-refractivity contribution >= 4 is 11.9 Å². The van der Waals surface area contributed by atoms with Gasteiger partial charge in [0.05, 0.1) is 6.10 Å². The van der Waals surface area contributed by atoms with Crippen LogP contribution in [0.25, 0.3) is 0 Å². The van der Waals surface area contributed by atoms with Crippen LogP contribution in [0.1, 0.15) is 43.1 Å². The van der Waals surface area contributed by atoms with Gasteiger partial charge in [-0.2, -0.15) is 0 Å². The van der Waals surface area contributed by atoms with Crippen LogP contribution in [0.2, 0.25) is 0 Å². The van der Waals surface area contributed by atoms with Gasteiger partial charge in [0.25, 0.3) is 5.91 Å². The summed E-state index contributed by atoms with van der Waals surface area (Å²) in [5.74, 6) is -1.39. The fourth-order valence-electron chi connectivity index (χ4n) is 3.09. The molecule has 2 N–H and O–H groups in total. The van der Waals surface area contributed by atoms with Crippen molar-refractivity contribution in [1.29, 1.82) is 0 Å². The zero-order valence-electron chi connectivity index (χ0n) is 13.5. The molecule has 2 unspecified atom stereocenters. The van der Waals surface area contributed by atoms with Crippen LogP contribution < -0.4 is 5.32 Å². The van der Waals surface area contributed by atoms with Crippen molar-refractivity contribution in [3.63, 3.8) is 0 Å². The van der Waals surface area contributed by atoms with E-state index in [0.717, 1.165) is 5.56 Å². The Bertz CT molecular complexity index is 596. The van der Waals surface area contributed by atoms with E-state index in [0.29, 0.717) is 12.2 Å². The molecule has 5 heteroatoms. The summed E-state index contributed by atoms with van der Waals surface area (Å²) in [7, 11) is 0. The van der Waals surface area contributed by atoms with Crippen LogP contribution in [0.3, 0.4) is 0 Å². The average Bonchev–Trinajstić information content (AvgIpc) is 2.45. The van der Waals surface area contributed by atoms with Crippen LogP contribution in [-0.2, 0) is 9.53 Å². The number of nitrogens with one attached hydrogen (secondary N) is 1. The third kappa shape index (κ3) is 2.50. The van der Waals surface area contributed by atoms with Gasteiger partial charge < -0.3 is 15.2 Å². The normalized spacial score (nSPS) is 26.1. The second-order valence-electron chi connectivity index (χ2n) is 6.40. The molecule has 1 saturated carbocycles. The van der Waals surface area contributed by atoms with E-state index in [2.05, 4.69) is 5.32 Å². The lowest BCUT2D eigenvalue weighted by atomic mass is 9.54. The molecule has 2 atom stereocenters. The number of rotatable bonds is 5. The van der Waals surface area contributed by atoms with Crippen LogP contribution in [0.5, 0.6) is 0 Å². The minimum absolute atomic E-state index is 0.175.